The first-order chi connectivity index (χ1) is 8.69. The van der Waals surface area contributed by atoms with Crippen LogP contribution in [0.2, 0.25) is 0 Å². The summed E-state index contributed by atoms with van der Waals surface area (Å²) in [6.45, 7) is 7.86. The van der Waals surface area contributed by atoms with E-state index in [-0.39, 0.29) is 0 Å². The molecule has 1 N–H and O–H groups in total. The average molecular weight is 248 g/mol. The lowest BCUT2D eigenvalue weighted by Crippen LogP contribution is -2.37. The molecule has 0 bridgehead atoms. The predicted octanol–water partition coefficient (Wildman–Crippen LogP) is 2.27. The summed E-state index contributed by atoms with van der Waals surface area (Å²) in [7, 11) is 1.71. The molecule has 3 nitrogen and oxygen atoms in total. The van der Waals surface area contributed by atoms with Crippen LogP contribution in [0.5, 0.6) is 5.75 Å². The Bertz CT molecular complexity index is 363. The van der Waals surface area contributed by atoms with E-state index in [4.69, 9.17) is 4.74 Å². The highest BCUT2D eigenvalue weighted by Crippen LogP contribution is 2.16. The van der Waals surface area contributed by atoms with Gasteiger partial charge in [0.2, 0.25) is 0 Å². The summed E-state index contributed by atoms with van der Waals surface area (Å²) in [6, 6.07) is 9.62. The highest BCUT2D eigenvalue weighted by atomic mass is 16.5. The number of rotatable bonds is 3. The molecule has 0 aromatic heterocycles. The van der Waals surface area contributed by atoms with Crippen molar-refractivity contribution in [3.8, 4) is 5.75 Å². The lowest BCUT2D eigenvalue weighted by atomic mass is 10.1. The van der Waals surface area contributed by atoms with Crippen LogP contribution in [0.1, 0.15) is 25.8 Å². The highest BCUT2D eigenvalue weighted by molar-refractivity contribution is 5.27. The van der Waals surface area contributed by atoms with Crippen molar-refractivity contribution < 1.29 is 4.74 Å². The van der Waals surface area contributed by atoms with E-state index in [1.165, 1.54) is 12.0 Å². The van der Waals surface area contributed by atoms with Crippen LogP contribution in [-0.2, 0) is 6.54 Å². The summed E-state index contributed by atoms with van der Waals surface area (Å²) in [5, 5.41) is 3.55. The van der Waals surface area contributed by atoms with Gasteiger partial charge in [0.15, 0.2) is 0 Å². The molecule has 0 amide bonds. The Hall–Kier alpha value is -1.06. The quantitative estimate of drug-likeness (QED) is 0.888. The molecule has 1 aromatic carbocycles. The molecule has 0 aliphatic carbocycles. The molecule has 3 heteroatoms. The second-order valence-electron chi connectivity index (χ2n) is 5.27. The van der Waals surface area contributed by atoms with Crippen LogP contribution >= 0.6 is 0 Å². The normalized spacial score (nSPS) is 25.7. The van der Waals surface area contributed by atoms with Crippen molar-refractivity contribution in [2.24, 2.45) is 0 Å². The van der Waals surface area contributed by atoms with Gasteiger partial charge >= 0.3 is 0 Å². The van der Waals surface area contributed by atoms with E-state index in [0.29, 0.717) is 12.1 Å². The monoisotopic (exact) mass is 248 g/mol. The van der Waals surface area contributed by atoms with E-state index in [2.05, 4.69) is 36.2 Å². The van der Waals surface area contributed by atoms with Crippen molar-refractivity contribution in [2.45, 2.75) is 38.9 Å². The summed E-state index contributed by atoms with van der Waals surface area (Å²) in [4.78, 5) is 2.56. The average Bonchev–Trinajstić information content (AvgIpc) is 2.53. The van der Waals surface area contributed by atoms with Crippen LogP contribution in [0.15, 0.2) is 24.3 Å². The van der Waals surface area contributed by atoms with Crippen molar-refractivity contribution in [3.05, 3.63) is 29.8 Å². The number of nitrogens with zero attached hydrogens (tertiary/aromatic N) is 1. The predicted molar refractivity (Wildman–Crippen MR) is 74.9 cm³/mol. The van der Waals surface area contributed by atoms with E-state index < -0.39 is 0 Å². The highest BCUT2D eigenvalue weighted by Gasteiger charge is 2.20. The topological polar surface area (TPSA) is 24.5 Å². The van der Waals surface area contributed by atoms with Gasteiger partial charge in [0.05, 0.1) is 7.11 Å². The molecule has 1 aliphatic heterocycles. The van der Waals surface area contributed by atoms with E-state index in [1.54, 1.807) is 7.11 Å². The molecule has 0 radical (unpaired) electrons. The summed E-state index contributed by atoms with van der Waals surface area (Å²) in [5.74, 6) is 0.928. The molecular weight excluding hydrogens is 224 g/mol. The molecule has 1 fully saturated rings. The fourth-order valence-electron chi connectivity index (χ4n) is 2.50. The van der Waals surface area contributed by atoms with Gasteiger partial charge < -0.3 is 10.1 Å². The second kappa shape index (κ2) is 6.21. The Labute approximate surface area is 110 Å². The third-order valence-electron chi connectivity index (χ3n) is 3.73. The molecule has 1 aliphatic rings. The largest absolute Gasteiger partial charge is 0.497 e. The van der Waals surface area contributed by atoms with Crippen LogP contribution in [0.25, 0.3) is 0 Å². The van der Waals surface area contributed by atoms with E-state index in [0.717, 1.165) is 25.4 Å². The molecule has 1 heterocycles. The maximum Gasteiger partial charge on any atom is 0.118 e. The smallest absolute Gasteiger partial charge is 0.118 e. The minimum atomic E-state index is 0.577. The van der Waals surface area contributed by atoms with Crippen LogP contribution in [0, 0.1) is 0 Å². The minimum absolute atomic E-state index is 0.577. The van der Waals surface area contributed by atoms with Gasteiger partial charge in [0, 0.05) is 25.2 Å². The minimum Gasteiger partial charge on any atom is -0.497 e. The summed E-state index contributed by atoms with van der Waals surface area (Å²) in [5.41, 5.74) is 1.36. The Balaban J connectivity index is 2.01. The second-order valence-corrected chi connectivity index (χ2v) is 5.27. The number of hydrogen-bond acceptors (Lipinski definition) is 3. The first kappa shape index (κ1) is 13.4. The molecule has 2 rings (SSSR count). The lowest BCUT2D eigenvalue weighted by Gasteiger charge is -2.28. The first-order valence-electron chi connectivity index (χ1n) is 6.79. The fourth-order valence-corrected chi connectivity index (χ4v) is 2.50. The SMILES string of the molecule is COc1ccc(CN2CC(C)NCCC2C)cc1. The molecular formula is C15H24N2O. The number of ether oxygens (including phenoxy) is 1. The summed E-state index contributed by atoms with van der Waals surface area (Å²) < 4.78 is 5.19. The maximum atomic E-state index is 5.19. The Kier molecular flexibility index (Phi) is 4.61. The molecule has 2 atom stereocenters. The van der Waals surface area contributed by atoms with Gasteiger partial charge in [-0.15, -0.1) is 0 Å². The summed E-state index contributed by atoms with van der Waals surface area (Å²) in [6.07, 6.45) is 1.22. The van der Waals surface area contributed by atoms with Crippen LogP contribution in [-0.4, -0.2) is 37.2 Å². The van der Waals surface area contributed by atoms with E-state index in [1.807, 2.05) is 12.1 Å². The molecule has 2 unspecified atom stereocenters. The maximum absolute atomic E-state index is 5.19. The fraction of sp³-hybridized carbons (Fsp3) is 0.600. The zero-order valence-electron chi connectivity index (χ0n) is 11.6. The van der Waals surface area contributed by atoms with Gasteiger partial charge in [-0.25, -0.2) is 0 Å². The molecule has 18 heavy (non-hydrogen) atoms. The standard InChI is InChI=1S/C15H24N2O/c1-12-10-17(13(2)8-9-16-12)11-14-4-6-15(18-3)7-5-14/h4-7,12-13,16H,8-11H2,1-3H3. The molecule has 1 saturated heterocycles. The van der Waals surface area contributed by atoms with Crippen molar-refractivity contribution in [3.63, 3.8) is 0 Å². The number of benzene rings is 1. The molecule has 0 spiro atoms. The third kappa shape index (κ3) is 3.47. The Morgan fingerprint density at radius 3 is 2.67 bits per heavy atom. The molecule has 1 aromatic rings. The van der Waals surface area contributed by atoms with Gasteiger partial charge in [0.1, 0.15) is 5.75 Å². The van der Waals surface area contributed by atoms with Crippen LogP contribution in [0.3, 0.4) is 0 Å². The van der Waals surface area contributed by atoms with Gasteiger partial charge in [-0.3, -0.25) is 4.90 Å². The van der Waals surface area contributed by atoms with Crippen molar-refractivity contribution in [2.75, 3.05) is 20.2 Å². The van der Waals surface area contributed by atoms with Crippen molar-refractivity contribution in [1.29, 1.82) is 0 Å². The van der Waals surface area contributed by atoms with Gasteiger partial charge in [-0.1, -0.05) is 12.1 Å². The van der Waals surface area contributed by atoms with Crippen molar-refractivity contribution in [1.82, 2.24) is 10.2 Å². The van der Waals surface area contributed by atoms with Gasteiger partial charge in [0.25, 0.3) is 0 Å². The van der Waals surface area contributed by atoms with Gasteiger partial charge in [-0.2, -0.15) is 0 Å². The van der Waals surface area contributed by atoms with Gasteiger partial charge in [-0.05, 0) is 44.5 Å². The Morgan fingerprint density at radius 1 is 1.28 bits per heavy atom. The number of methoxy groups -OCH3 is 1. The van der Waals surface area contributed by atoms with Crippen LogP contribution < -0.4 is 10.1 Å². The summed E-state index contributed by atoms with van der Waals surface area (Å²) >= 11 is 0. The number of hydrogen-bond donors (Lipinski definition) is 1. The lowest BCUT2D eigenvalue weighted by molar-refractivity contribution is 0.199. The van der Waals surface area contributed by atoms with E-state index in [9.17, 15) is 0 Å². The Morgan fingerprint density at radius 2 is 2.00 bits per heavy atom. The van der Waals surface area contributed by atoms with Crippen molar-refractivity contribution >= 4 is 0 Å². The molecule has 0 saturated carbocycles. The zero-order valence-corrected chi connectivity index (χ0v) is 11.6. The molecule has 100 valence electrons. The third-order valence-corrected chi connectivity index (χ3v) is 3.73. The van der Waals surface area contributed by atoms with Crippen LogP contribution in [0.4, 0.5) is 0 Å². The van der Waals surface area contributed by atoms with E-state index >= 15 is 0 Å². The first-order valence-corrected chi connectivity index (χ1v) is 6.79. The number of nitrogens with one attached hydrogen (secondary N) is 1. The zero-order chi connectivity index (χ0) is 13.0.